The molecule has 0 N–H and O–H groups in total. The minimum Gasteiger partial charge on any atom is -0.496 e. The Bertz CT molecular complexity index is 675. The highest BCUT2D eigenvalue weighted by Gasteiger charge is 2.31. The lowest BCUT2D eigenvalue weighted by Gasteiger charge is -2.12. The van der Waals surface area contributed by atoms with Crippen molar-refractivity contribution >= 4 is 0 Å². The number of pyridine rings is 1. The molecule has 0 amide bonds. The first kappa shape index (κ1) is 13.9. The van der Waals surface area contributed by atoms with Crippen molar-refractivity contribution in [2.24, 2.45) is 0 Å². The zero-order chi connectivity index (χ0) is 14.8. The molecule has 0 aliphatic heterocycles. The molecule has 0 radical (unpaired) electrons. The predicted octanol–water partition coefficient (Wildman–Crippen LogP) is 3.65. The lowest BCUT2D eigenvalue weighted by atomic mass is 10.0. The molecule has 0 spiro atoms. The second-order valence-electron chi connectivity index (χ2n) is 3.98. The first-order valence-electron chi connectivity index (χ1n) is 5.56. The highest BCUT2D eigenvalue weighted by molar-refractivity contribution is 5.71. The number of rotatable bonds is 2. The van der Waals surface area contributed by atoms with Crippen LogP contribution in [0, 0.1) is 11.3 Å². The minimum absolute atomic E-state index is 0.0688. The number of nitriles is 1. The monoisotopic (exact) mass is 278 g/mol. The fourth-order valence-corrected chi connectivity index (χ4v) is 1.79. The first-order valence-corrected chi connectivity index (χ1v) is 5.56. The van der Waals surface area contributed by atoms with E-state index in [9.17, 15) is 13.2 Å². The molecule has 1 heterocycles. The zero-order valence-electron chi connectivity index (χ0n) is 10.4. The second kappa shape index (κ2) is 5.21. The van der Waals surface area contributed by atoms with Crippen molar-refractivity contribution in [2.75, 3.05) is 7.11 Å². The standard InChI is InChI=1S/C14H9F3N2O/c1-20-13-2-3-19-8-12(13)10-4-9(7-18)5-11(6-10)14(15,16)17/h2-6,8H,1H3. The Morgan fingerprint density at radius 2 is 2.00 bits per heavy atom. The molecule has 20 heavy (non-hydrogen) atoms. The average molecular weight is 278 g/mol. The van der Waals surface area contributed by atoms with Crippen molar-refractivity contribution < 1.29 is 17.9 Å². The summed E-state index contributed by atoms with van der Waals surface area (Å²) < 4.78 is 43.6. The number of hydrogen-bond donors (Lipinski definition) is 0. The van der Waals surface area contributed by atoms with Gasteiger partial charge in [-0.15, -0.1) is 0 Å². The molecule has 1 aromatic heterocycles. The van der Waals surface area contributed by atoms with Crippen LogP contribution in [0.15, 0.2) is 36.7 Å². The molecule has 3 nitrogen and oxygen atoms in total. The summed E-state index contributed by atoms with van der Waals surface area (Å²) in [4.78, 5) is 3.87. The van der Waals surface area contributed by atoms with Gasteiger partial charge in [-0.2, -0.15) is 18.4 Å². The zero-order valence-corrected chi connectivity index (χ0v) is 10.4. The number of hydrogen-bond acceptors (Lipinski definition) is 3. The molecule has 2 rings (SSSR count). The lowest BCUT2D eigenvalue weighted by molar-refractivity contribution is -0.137. The van der Waals surface area contributed by atoms with Crippen LogP contribution in [0.25, 0.3) is 11.1 Å². The summed E-state index contributed by atoms with van der Waals surface area (Å²) in [5, 5.41) is 8.86. The number of methoxy groups -OCH3 is 1. The maximum atomic E-state index is 12.8. The van der Waals surface area contributed by atoms with E-state index in [1.165, 1.54) is 25.6 Å². The highest BCUT2D eigenvalue weighted by atomic mass is 19.4. The summed E-state index contributed by atoms with van der Waals surface area (Å²) in [5.74, 6) is 0.392. The number of aromatic nitrogens is 1. The Morgan fingerprint density at radius 1 is 1.25 bits per heavy atom. The van der Waals surface area contributed by atoms with E-state index in [1.807, 2.05) is 0 Å². The van der Waals surface area contributed by atoms with E-state index in [2.05, 4.69) is 4.98 Å². The maximum Gasteiger partial charge on any atom is 0.416 e. The molecule has 0 saturated heterocycles. The SMILES string of the molecule is COc1ccncc1-c1cc(C#N)cc(C(F)(F)F)c1. The van der Waals surface area contributed by atoms with Gasteiger partial charge in [-0.3, -0.25) is 4.98 Å². The maximum absolute atomic E-state index is 12.8. The molecule has 0 saturated carbocycles. The van der Waals surface area contributed by atoms with Crippen LogP contribution in [0.5, 0.6) is 5.75 Å². The topological polar surface area (TPSA) is 45.9 Å². The third kappa shape index (κ3) is 2.72. The summed E-state index contributed by atoms with van der Waals surface area (Å²) >= 11 is 0. The summed E-state index contributed by atoms with van der Waals surface area (Å²) in [6.07, 6.45) is -1.65. The molecular formula is C14H9F3N2O. The Balaban J connectivity index is 2.66. The van der Waals surface area contributed by atoms with Crippen molar-refractivity contribution in [3.8, 4) is 22.9 Å². The van der Waals surface area contributed by atoms with Crippen LogP contribution in [0.4, 0.5) is 13.2 Å². The third-order valence-electron chi connectivity index (χ3n) is 2.70. The molecule has 1 aromatic carbocycles. The van der Waals surface area contributed by atoms with Gasteiger partial charge in [0, 0.05) is 18.0 Å². The van der Waals surface area contributed by atoms with Gasteiger partial charge in [0.05, 0.1) is 24.3 Å². The van der Waals surface area contributed by atoms with Crippen LogP contribution >= 0.6 is 0 Å². The van der Waals surface area contributed by atoms with Gasteiger partial charge in [0.1, 0.15) is 5.75 Å². The van der Waals surface area contributed by atoms with Gasteiger partial charge in [0.2, 0.25) is 0 Å². The van der Waals surface area contributed by atoms with Gasteiger partial charge < -0.3 is 4.74 Å². The molecule has 0 fully saturated rings. The summed E-state index contributed by atoms with van der Waals surface area (Å²) in [6.45, 7) is 0. The normalized spacial score (nSPS) is 10.9. The molecule has 6 heteroatoms. The first-order chi connectivity index (χ1) is 9.45. The van der Waals surface area contributed by atoms with E-state index in [1.54, 1.807) is 12.1 Å². The number of alkyl halides is 3. The molecule has 0 bridgehead atoms. The van der Waals surface area contributed by atoms with Crippen molar-refractivity contribution in [1.29, 1.82) is 5.26 Å². The van der Waals surface area contributed by atoms with Crippen molar-refractivity contribution in [3.63, 3.8) is 0 Å². The number of ether oxygens (including phenoxy) is 1. The minimum atomic E-state index is -4.52. The van der Waals surface area contributed by atoms with Crippen LogP contribution in [0.3, 0.4) is 0 Å². The molecule has 0 aliphatic carbocycles. The molecular weight excluding hydrogens is 269 g/mol. The van der Waals surface area contributed by atoms with Crippen molar-refractivity contribution in [1.82, 2.24) is 4.98 Å². The van der Waals surface area contributed by atoms with Crippen LogP contribution in [-0.2, 0) is 6.18 Å². The van der Waals surface area contributed by atoms with Gasteiger partial charge in [-0.1, -0.05) is 0 Å². The van der Waals surface area contributed by atoms with Crippen LogP contribution in [-0.4, -0.2) is 12.1 Å². The quantitative estimate of drug-likeness (QED) is 0.842. The fraction of sp³-hybridized carbons (Fsp3) is 0.143. The average Bonchev–Trinajstić information content (AvgIpc) is 2.45. The number of benzene rings is 1. The molecule has 0 atom stereocenters. The summed E-state index contributed by atoms with van der Waals surface area (Å²) in [5.41, 5.74) is -0.308. The highest BCUT2D eigenvalue weighted by Crippen LogP contribution is 2.35. The smallest absolute Gasteiger partial charge is 0.416 e. The Hall–Kier alpha value is -2.55. The van der Waals surface area contributed by atoms with E-state index in [0.717, 1.165) is 12.1 Å². The van der Waals surface area contributed by atoms with E-state index in [4.69, 9.17) is 10.00 Å². The van der Waals surface area contributed by atoms with Gasteiger partial charge in [0.25, 0.3) is 0 Å². The van der Waals surface area contributed by atoms with E-state index in [-0.39, 0.29) is 11.1 Å². The predicted molar refractivity (Wildman–Crippen MR) is 65.9 cm³/mol. The Morgan fingerprint density at radius 3 is 2.60 bits per heavy atom. The van der Waals surface area contributed by atoms with E-state index < -0.39 is 11.7 Å². The third-order valence-corrected chi connectivity index (χ3v) is 2.70. The van der Waals surface area contributed by atoms with Crippen molar-refractivity contribution in [2.45, 2.75) is 6.18 Å². The summed E-state index contributed by atoms with van der Waals surface area (Å²) in [6, 6.07) is 6.42. The molecule has 0 unspecified atom stereocenters. The van der Waals surface area contributed by atoms with Crippen molar-refractivity contribution in [3.05, 3.63) is 47.8 Å². The van der Waals surface area contributed by atoms with Gasteiger partial charge >= 0.3 is 6.18 Å². The summed E-state index contributed by atoms with van der Waals surface area (Å²) in [7, 11) is 1.41. The van der Waals surface area contributed by atoms with Crippen LogP contribution in [0.1, 0.15) is 11.1 Å². The number of nitrogens with zero attached hydrogens (tertiary/aromatic N) is 2. The lowest BCUT2D eigenvalue weighted by Crippen LogP contribution is -2.05. The molecule has 2 aromatic rings. The van der Waals surface area contributed by atoms with Gasteiger partial charge in [0.15, 0.2) is 0 Å². The Labute approximate surface area is 113 Å². The van der Waals surface area contributed by atoms with Gasteiger partial charge in [-0.05, 0) is 29.8 Å². The Kier molecular flexibility index (Phi) is 3.61. The van der Waals surface area contributed by atoms with Crippen LogP contribution in [0.2, 0.25) is 0 Å². The molecule has 0 aliphatic rings. The largest absolute Gasteiger partial charge is 0.496 e. The van der Waals surface area contributed by atoms with Crippen LogP contribution < -0.4 is 4.74 Å². The van der Waals surface area contributed by atoms with E-state index in [0.29, 0.717) is 11.3 Å². The van der Waals surface area contributed by atoms with E-state index >= 15 is 0 Å². The fourth-order valence-electron chi connectivity index (χ4n) is 1.79. The van der Waals surface area contributed by atoms with Gasteiger partial charge in [-0.25, -0.2) is 0 Å². The molecule has 102 valence electrons. The second-order valence-corrected chi connectivity index (χ2v) is 3.98. The number of halogens is 3.